The number of alkyl halides is 1. The normalized spacial score (nSPS) is 11.7. The summed E-state index contributed by atoms with van der Waals surface area (Å²) in [6.45, 7) is 3.42. The molecule has 0 radical (unpaired) electrons. The number of rotatable bonds is 10. The molecule has 1 aromatic carbocycles. The molecule has 0 spiro atoms. The largest absolute Gasteiger partial charge is 0.382 e. The number of carbonyl (C=O) groups is 2. The van der Waals surface area contributed by atoms with Crippen molar-refractivity contribution in [2.75, 3.05) is 30.5 Å². The predicted molar refractivity (Wildman–Crippen MR) is 106 cm³/mol. The van der Waals surface area contributed by atoms with Gasteiger partial charge in [-0.15, -0.1) is 11.6 Å². The van der Waals surface area contributed by atoms with Gasteiger partial charge in [-0.3, -0.25) is 19.5 Å². The second-order valence-corrected chi connectivity index (χ2v) is 6.17. The molecule has 0 saturated carbocycles. The zero-order valence-corrected chi connectivity index (χ0v) is 16.4. The summed E-state index contributed by atoms with van der Waals surface area (Å²) < 4.78 is 18.6. The highest BCUT2D eigenvalue weighted by Crippen LogP contribution is 2.28. The van der Waals surface area contributed by atoms with E-state index in [9.17, 15) is 14.0 Å². The van der Waals surface area contributed by atoms with Crippen molar-refractivity contribution < 1.29 is 18.7 Å². The minimum atomic E-state index is -0.988. The number of hydrogen-bond donors (Lipinski definition) is 1. The highest BCUT2D eigenvalue weighted by molar-refractivity contribution is 6.29. The minimum absolute atomic E-state index is 0.328. The lowest BCUT2D eigenvalue weighted by Gasteiger charge is -2.30. The van der Waals surface area contributed by atoms with E-state index in [2.05, 4.69) is 10.3 Å². The molecule has 1 aromatic heterocycles. The molecule has 28 heavy (non-hydrogen) atoms. The molecule has 0 aliphatic rings. The first-order chi connectivity index (χ1) is 13.6. The maximum atomic E-state index is 13.4. The van der Waals surface area contributed by atoms with Gasteiger partial charge in [0.25, 0.3) is 0 Å². The van der Waals surface area contributed by atoms with Crippen molar-refractivity contribution in [3.63, 3.8) is 0 Å². The Kier molecular flexibility index (Phi) is 8.84. The fraction of sp³-hybridized carbons (Fsp3) is 0.350. The summed E-state index contributed by atoms with van der Waals surface area (Å²) in [6.07, 6.45) is 3.73. The summed E-state index contributed by atoms with van der Waals surface area (Å²) in [4.78, 5) is 30.9. The number of aromatic nitrogens is 1. The molecule has 2 aromatic rings. The van der Waals surface area contributed by atoms with Crippen LogP contribution in [0.4, 0.5) is 10.1 Å². The van der Waals surface area contributed by atoms with E-state index in [1.165, 1.54) is 35.4 Å². The molecule has 1 heterocycles. The fourth-order valence-corrected chi connectivity index (χ4v) is 2.81. The molecule has 2 amide bonds. The average Bonchev–Trinajstić information content (AvgIpc) is 2.72. The van der Waals surface area contributed by atoms with Gasteiger partial charge >= 0.3 is 0 Å². The third-order valence-corrected chi connectivity index (χ3v) is 4.19. The molecule has 0 saturated heterocycles. The van der Waals surface area contributed by atoms with Gasteiger partial charge in [0.15, 0.2) is 0 Å². The smallest absolute Gasteiger partial charge is 0.247 e. The van der Waals surface area contributed by atoms with Gasteiger partial charge < -0.3 is 10.1 Å². The van der Waals surface area contributed by atoms with Crippen LogP contribution in [0.5, 0.6) is 0 Å². The van der Waals surface area contributed by atoms with E-state index in [1.807, 2.05) is 6.92 Å². The maximum Gasteiger partial charge on any atom is 0.247 e. The Balaban J connectivity index is 2.33. The second-order valence-electron chi connectivity index (χ2n) is 5.90. The van der Waals surface area contributed by atoms with Crippen LogP contribution in [-0.2, 0) is 14.3 Å². The van der Waals surface area contributed by atoms with Gasteiger partial charge in [0, 0.05) is 43.4 Å². The van der Waals surface area contributed by atoms with Crippen LogP contribution >= 0.6 is 11.6 Å². The third-order valence-electron chi connectivity index (χ3n) is 3.96. The highest BCUT2D eigenvalue weighted by Gasteiger charge is 2.32. The predicted octanol–water partition coefficient (Wildman–Crippen LogP) is 3.08. The maximum absolute atomic E-state index is 13.4. The number of amides is 2. The van der Waals surface area contributed by atoms with Crippen molar-refractivity contribution in [2.45, 2.75) is 19.4 Å². The van der Waals surface area contributed by atoms with Crippen LogP contribution < -0.4 is 10.2 Å². The quantitative estimate of drug-likeness (QED) is 0.485. The molecule has 1 atom stereocenters. The highest BCUT2D eigenvalue weighted by atomic mass is 35.5. The molecular formula is C20H23ClFN3O3. The summed E-state index contributed by atoms with van der Waals surface area (Å²) in [5.41, 5.74) is 0.887. The molecular weight excluding hydrogens is 385 g/mol. The summed E-state index contributed by atoms with van der Waals surface area (Å²) >= 11 is 5.80. The number of benzene rings is 1. The van der Waals surface area contributed by atoms with Crippen molar-refractivity contribution in [1.29, 1.82) is 0 Å². The molecule has 0 fully saturated rings. The van der Waals surface area contributed by atoms with Gasteiger partial charge in [-0.25, -0.2) is 4.39 Å². The van der Waals surface area contributed by atoms with Crippen LogP contribution in [0.15, 0.2) is 48.8 Å². The van der Waals surface area contributed by atoms with E-state index < -0.39 is 17.8 Å². The van der Waals surface area contributed by atoms with Crippen LogP contribution in [0.25, 0.3) is 0 Å². The van der Waals surface area contributed by atoms with E-state index in [1.54, 1.807) is 18.3 Å². The molecule has 0 bridgehead atoms. The zero-order valence-electron chi connectivity index (χ0n) is 15.6. The van der Waals surface area contributed by atoms with Crippen LogP contribution in [0.2, 0.25) is 0 Å². The van der Waals surface area contributed by atoms with Crippen LogP contribution in [0, 0.1) is 5.82 Å². The topological polar surface area (TPSA) is 71.5 Å². The first-order valence-electron chi connectivity index (χ1n) is 8.97. The minimum Gasteiger partial charge on any atom is -0.382 e. The van der Waals surface area contributed by atoms with Crippen LogP contribution in [0.3, 0.4) is 0 Å². The van der Waals surface area contributed by atoms with Crippen molar-refractivity contribution in [2.24, 2.45) is 0 Å². The molecule has 0 aliphatic heterocycles. The monoisotopic (exact) mass is 407 g/mol. The molecule has 8 heteroatoms. The van der Waals surface area contributed by atoms with Crippen molar-refractivity contribution in [3.8, 4) is 0 Å². The SMILES string of the molecule is CCOCCCNC(=O)C(c1cccnc1)N(C(=O)CCl)c1ccc(F)cc1. The van der Waals surface area contributed by atoms with E-state index in [0.29, 0.717) is 37.4 Å². The van der Waals surface area contributed by atoms with Gasteiger partial charge in [-0.05, 0) is 43.7 Å². The number of pyridine rings is 1. The van der Waals surface area contributed by atoms with Crippen LogP contribution in [0.1, 0.15) is 24.9 Å². The number of hydrogen-bond acceptors (Lipinski definition) is 4. The van der Waals surface area contributed by atoms with Crippen molar-refractivity contribution >= 4 is 29.1 Å². The summed E-state index contributed by atoms with van der Waals surface area (Å²) in [7, 11) is 0. The average molecular weight is 408 g/mol. The van der Waals surface area contributed by atoms with E-state index in [4.69, 9.17) is 16.3 Å². The van der Waals surface area contributed by atoms with Crippen molar-refractivity contribution in [3.05, 3.63) is 60.2 Å². The number of anilines is 1. The number of nitrogens with zero attached hydrogens (tertiary/aromatic N) is 2. The number of carbonyl (C=O) groups excluding carboxylic acids is 2. The lowest BCUT2D eigenvalue weighted by atomic mass is 10.0. The summed E-state index contributed by atoms with van der Waals surface area (Å²) in [5, 5.41) is 2.82. The number of halogens is 2. The van der Waals surface area contributed by atoms with E-state index in [-0.39, 0.29) is 11.8 Å². The zero-order chi connectivity index (χ0) is 20.4. The molecule has 150 valence electrons. The third kappa shape index (κ3) is 6.00. The van der Waals surface area contributed by atoms with Gasteiger partial charge in [0.05, 0.1) is 0 Å². The Hall–Kier alpha value is -2.51. The lowest BCUT2D eigenvalue weighted by molar-refractivity contribution is -0.125. The first kappa shape index (κ1) is 21.8. The lowest BCUT2D eigenvalue weighted by Crippen LogP contribution is -2.45. The second kappa shape index (κ2) is 11.4. The Labute approximate surface area is 168 Å². The van der Waals surface area contributed by atoms with Gasteiger partial charge in [-0.2, -0.15) is 0 Å². The van der Waals surface area contributed by atoms with Gasteiger partial charge in [-0.1, -0.05) is 6.07 Å². The summed E-state index contributed by atoms with van der Waals surface area (Å²) in [6, 6.07) is 7.72. The molecule has 2 rings (SSSR count). The van der Waals surface area contributed by atoms with Crippen LogP contribution in [-0.4, -0.2) is 42.4 Å². The molecule has 1 N–H and O–H groups in total. The Morgan fingerprint density at radius 3 is 2.64 bits per heavy atom. The van der Waals surface area contributed by atoms with Gasteiger partial charge in [0.1, 0.15) is 17.7 Å². The standard InChI is InChI=1S/C20H23ClFN3O3/c1-2-28-12-4-11-24-20(27)19(15-5-3-10-23-14-15)25(18(26)13-21)17-8-6-16(22)7-9-17/h3,5-10,14,19H,2,4,11-13H2,1H3,(H,24,27). The summed E-state index contributed by atoms with van der Waals surface area (Å²) in [5.74, 6) is -1.63. The fourth-order valence-electron chi connectivity index (χ4n) is 2.69. The van der Waals surface area contributed by atoms with E-state index in [0.717, 1.165) is 0 Å². The molecule has 6 nitrogen and oxygen atoms in total. The Bertz CT molecular complexity index is 759. The Morgan fingerprint density at radius 2 is 2.04 bits per heavy atom. The van der Waals surface area contributed by atoms with E-state index >= 15 is 0 Å². The number of ether oxygens (including phenoxy) is 1. The Morgan fingerprint density at radius 1 is 1.29 bits per heavy atom. The van der Waals surface area contributed by atoms with Gasteiger partial charge in [0.2, 0.25) is 11.8 Å². The first-order valence-corrected chi connectivity index (χ1v) is 9.51. The molecule has 1 unspecified atom stereocenters. The number of nitrogens with one attached hydrogen (secondary N) is 1. The van der Waals surface area contributed by atoms with Crippen molar-refractivity contribution in [1.82, 2.24) is 10.3 Å². The molecule has 0 aliphatic carbocycles.